The Morgan fingerprint density at radius 1 is 1.60 bits per heavy atom. The van der Waals surface area contributed by atoms with Crippen molar-refractivity contribution in [2.75, 3.05) is 19.7 Å². The fourth-order valence-electron chi connectivity index (χ4n) is 1.77. The van der Waals surface area contributed by atoms with Crippen LogP contribution in [0.25, 0.3) is 0 Å². The lowest BCUT2D eigenvalue weighted by Crippen LogP contribution is -2.10. The molecule has 0 bridgehead atoms. The molecule has 0 saturated carbocycles. The molecule has 1 N–H and O–H groups in total. The van der Waals surface area contributed by atoms with Crippen molar-refractivity contribution in [3.05, 3.63) is 11.7 Å². The van der Waals surface area contributed by atoms with Gasteiger partial charge in [0.05, 0.1) is 0 Å². The Morgan fingerprint density at radius 2 is 2.53 bits per heavy atom. The van der Waals surface area contributed by atoms with E-state index in [4.69, 9.17) is 9.26 Å². The quantitative estimate of drug-likeness (QED) is 0.733. The predicted molar refractivity (Wildman–Crippen MR) is 54.3 cm³/mol. The normalized spacial score (nSPS) is 21.0. The van der Waals surface area contributed by atoms with Gasteiger partial charge in [0.1, 0.15) is 6.61 Å². The number of hydrogen-bond donors (Lipinski definition) is 1. The molecule has 1 atom stereocenters. The van der Waals surface area contributed by atoms with E-state index in [-0.39, 0.29) is 0 Å². The van der Waals surface area contributed by atoms with Gasteiger partial charge >= 0.3 is 0 Å². The van der Waals surface area contributed by atoms with Crippen LogP contribution in [0.5, 0.6) is 0 Å². The number of hydrogen-bond acceptors (Lipinski definition) is 5. The molecule has 2 rings (SSSR count). The number of nitrogens with one attached hydrogen (secondary N) is 1. The predicted octanol–water partition coefficient (Wildman–Crippen LogP) is 0.894. The zero-order chi connectivity index (χ0) is 10.5. The third kappa shape index (κ3) is 3.28. The van der Waals surface area contributed by atoms with Crippen molar-refractivity contribution in [1.29, 1.82) is 0 Å². The maximum Gasteiger partial charge on any atom is 0.252 e. The van der Waals surface area contributed by atoms with Crippen molar-refractivity contribution < 1.29 is 9.26 Å². The molecule has 5 heteroatoms. The lowest BCUT2D eigenvalue weighted by Gasteiger charge is -2.06. The van der Waals surface area contributed by atoms with Crippen LogP contribution in [-0.4, -0.2) is 29.8 Å². The maximum absolute atomic E-state index is 5.47. The van der Waals surface area contributed by atoms with Gasteiger partial charge in [-0.05, 0) is 38.8 Å². The van der Waals surface area contributed by atoms with E-state index in [9.17, 15) is 0 Å². The largest absolute Gasteiger partial charge is 0.372 e. The van der Waals surface area contributed by atoms with Crippen LogP contribution in [0.15, 0.2) is 4.52 Å². The first-order chi connectivity index (χ1) is 7.34. The van der Waals surface area contributed by atoms with Crippen molar-refractivity contribution in [3.63, 3.8) is 0 Å². The summed E-state index contributed by atoms with van der Waals surface area (Å²) in [6.07, 6.45) is 2.38. The highest BCUT2D eigenvalue weighted by Gasteiger charge is 2.13. The van der Waals surface area contributed by atoms with Crippen LogP contribution < -0.4 is 5.32 Å². The SMILES string of the molecule is Cc1noc(COCCC2CCNC2)n1. The van der Waals surface area contributed by atoms with Crippen molar-refractivity contribution in [2.45, 2.75) is 26.4 Å². The van der Waals surface area contributed by atoms with Gasteiger partial charge in [0.2, 0.25) is 0 Å². The summed E-state index contributed by atoms with van der Waals surface area (Å²) in [5, 5.41) is 7.03. The molecule has 1 aliphatic rings. The van der Waals surface area contributed by atoms with Gasteiger partial charge < -0.3 is 14.6 Å². The van der Waals surface area contributed by atoms with E-state index in [2.05, 4.69) is 15.5 Å². The van der Waals surface area contributed by atoms with Gasteiger partial charge in [-0.15, -0.1) is 0 Å². The molecule has 0 radical (unpaired) electrons. The summed E-state index contributed by atoms with van der Waals surface area (Å²) in [6.45, 7) is 5.28. The highest BCUT2D eigenvalue weighted by atomic mass is 16.5. The molecule has 2 heterocycles. The molecule has 1 saturated heterocycles. The minimum absolute atomic E-state index is 0.432. The smallest absolute Gasteiger partial charge is 0.252 e. The molecule has 84 valence electrons. The Morgan fingerprint density at radius 3 is 3.20 bits per heavy atom. The summed E-state index contributed by atoms with van der Waals surface area (Å²) in [5.41, 5.74) is 0. The van der Waals surface area contributed by atoms with Crippen molar-refractivity contribution in [3.8, 4) is 0 Å². The minimum atomic E-state index is 0.432. The van der Waals surface area contributed by atoms with Crippen LogP contribution in [0.3, 0.4) is 0 Å². The molecule has 1 aromatic heterocycles. The molecule has 0 amide bonds. The second kappa shape index (κ2) is 5.23. The van der Waals surface area contributed by atoms with E-state index >= 15 is 0 Å². The monoisotopic (exact) mass is 211 g/mol. The number of aromatic nitrogens is 2. The number of rotatable bonds is 5. The van der Waals surface area contributed by atoms with Gasteiger partial charge in [-0.3, -0.25) is 0 Å². The van der Waals surface area contributed by atoms with E-state index in [0.717, 1.165) is 32.0 Å². The lowest BCUT2D eigenvalue weighted by atomic mass is 10.1. The first-order valence-electron chi connectivity index (χ1n) is 5.42. The van der Waals surface area contributed by atoms with Crippen LogP contribution >= 0.6 is 0 Å². The summed E-state index contributed by atoms with van der Waals surface area (Å²) in [4.78, 5) is 4.06. The highest BCUT2D eigenvalue weighted by molar-refractivity contribution is 4.80. The molecule has 1 fully saturated rings. The summed E-state index contributed by atoms with van der Waals surface area (Å²) in [7, 11) is 0. The first kappa shape index (κ1) is 10.6. The minimum Gasteiger partial charge on any atom is -0.372 e. The third-order valence-electron chi connectivity index (χ3n) is 2.63. The van der Waals surface area contributed by atoms with Gasteiger partial charge in [-0.1, -0.05) is 5.16 Å². The van der Waals surface area contributed by atoms with Gasteiger partial charge in [0.15, 0.2) is 5.82 Å². The van der Waals surface area contributed by atoms with Crippen LogP contribution in [0.2, 0.25) is 0 Å². The summed E-state index contributed by atoms with van der Waals surface area (Å²) in [5.74, 6) is 2.00. The van der Waals surface area contributed by atoms with Crippen molar-refractivity contribution in [1.82, 2.24) is 15.5 Å². The molecule has 15 heavy (non-hydrogen) atoms. The van der Waals surface area contributed by atoms with Gasteiger partial charge in [0.25, 0.3) is 5.89 Å². The highest BCUT2D eigenvalue weighted by Crippen LogP contribution is 2.12. The van der Waals surface area contributed by atoms with Gasteiger partial charge in [0, 0.05) is 6.61 Å². The third-order valence-corrected chi connectivity index (χ3v) is 2.63. The van der Waals surface area contributed by atoms with E-state index in [0.29, 0.717) is 18.3 Å². The average molecular weight is 211 g/mol. The van der Waals surface area contributed by atoms with Gasteiger partial charge in [-0.25, -0.2) is 0 Å². The summed E-state index contributed by atoms with van der Waals surface area (Å²) >= 11 is 0. The standard InChI is InChI=1S/C10H17N3O2/c1-8-12-10(15-13-8)7-14-5-3-9-2-4-11-6-9/h9,11H,2-7H2,1H3. The number of nitrogens with zero attached hydrogens (tertiary/aromatic N) is 2. The molecule has 0 aromatic carbocycles. The maximum atomic E-state index is 5.47. The van der Waals surface area contributed by atoms with Crippen LogP contribution in [0.4, 0.5) is 0 Å². The Bertz CT molecular complexity index is 295. The molecule has 5 nitrogen and oxygen atoms in total. The van der Waals surface area contributed by atoms with E-state index in [1.807, 2.05) is 0 Å². The van der Waals surface area contributed by atoms with Crippen molar-refractivity contribution in [2.24, 2.45) is 5.92 Å². The zero-order valence-electron chi connectivity index (χ0n) is 9.03. The Hall–Kier alpha value is -0.940. The Labute approximate surface area is 89.2 Å². The molecule has 0 spiro atoms. The molecular weight excluding hydrogens is 194 g/mol. The summed E-state index contributed by atoms with van der Waals surface area (Å²) < 4.78 is 10.4. The van der Waals surface area contributed by atoms with E-state index in [1.54, 1.807) is 6.92 Å². The van der Waals surface area contributed by atoms with E-state index in [1.165, 1.54) is 6.42 Å². The second-order valence-corrected chi connectivity index (χ2v) is 3.94. The topological polar surface area (TPSA) is 60.2 Å². The van der Waals surface area contributed by atoms with Crippen LogP contribution in [0.1, 0.15) is 24.6 Å². The summed E-state index contributed by atoms with van der Waals surface area (Å²) in [6, 6.07) is 0. The molecule has 0 aliphatic carbocycles. The fourth-order valence-corrected chi connectivity index (χ4v) is 1.77. The second-order valence-electron chi connectivity index (χ2n) is 3.94. The fraction of sp³-hybridized carbons (Fsp3) is 0.800. The van der Waals surface area contributed by atoms with Crippen molar-refractivity contribution >= 4 is 0 Å². The molecule has 1 unspecified atom stereocenters. The van der Waals surface area contributed by atoms with Gasteiger partial charge in [-0.2, -0.15) is 4.98 Å². The average Bonchev–Trinajstić information content (AvgIpc) is 2.84. The lowest BCUT2D eigenvalue weighted by molar-refractivity contribution is 0.0880. The number of ether oxygens (including phenoxy) is 1. The van der Waals surface area contributed by atoms with E-state index < -0.39 is 0 Å². The first-order valence-corrected chi connectivity index (χ1v) is 5.42. The molecule has 1 aromatic rings. The Kier molecular flexibility index (Phi) is 3.69. The molecular formula is C10H17N3O2. The van der Waals surface area contributed by atoms with Crippen LogP contribution in [-0.2, 0) is 11.3 Å². The zero-order valence-corrected chi connectivity index (χ0v) is 9.03. The molecule has 1 aliphatic heterocycles. The number of aryl methyl sites for hydroxylation is 1. The van der Waals surface area contributed by atoms with Crippen LogP contribution in [0, 0.1) is 12.8 Å². The Balaban J connectivity index is 1.58.